The van der Waals surface area contributed by atoms with Crippen molar-refractivity contribution in [2.75, 3.05) is 10.6 Å². The Morgan fingerprint density at radius 1 is 0.660 bits per heavy atom. The van der Waals surface area contributed by atoms with E-state index in [9.17, 15) is 27.2 Å². The molecule has 0 fully saturated rings. The molecule has 0 unspecified atom stereocenters. The number of aryl methyl sites for hydroxylation is 2. The van der Waals surface area contributed by atoms with E-state index in [1.54, 1.807) is 50.5 Å². The molecule has 2 amide bonds. The van der Waals surface area contributed by atoms with E-state index in [0.717, 1.165) is 41.3 Å². The van der Waals surface area contributed by atoms with E-state index < -0.39 is 35.1 Å². The molecule has 0 spiro atoms. The smallest absolute Gasteiger partial charge is 0.259 e. The molecule has 0 radical (unpaired) electrons. The number of rotatable bonds is 6. The van der Waals surface area contributed by atoms with Gasteiger partial charge in [-0.3, -0.25) is 30.2 Å². The molecule has 4 heterocycles. The van der Waals surface area contributed by atoms with E-state index >= 15 is 0 Å². The van der Waals surface area contributed by atoms with Crippen LogP contribution in [0, 0.1) is 37.1 Å². The second kappa shape index (κ2) is 14.6. The van der Waals surface area contributed by atoms with Crippen molar-refractivity contribution in [1.82, 2.24) is 28.7 Å². The van der Waals surface area contributed by atoms with Crippen LogP contribution in [-0.4, -0.2) is 40.5 Å². The Morgan fingerprint density at radius 3 is 1.62 bits per heavy atom. The van der Waals surface area contributed by atoms with Crippen LogP contribution >= 0.6 is 39.0 Å². The molecule has 0 atom stereocenters. The summed E-state index contributed by atoms with van der Waals surface area (Å²) in [6.45, 7) is 3.40. The van der Waals surface area contributed by atoms with Crippen LogP contribution in [-0.2, 0) is 0 Å². The molecule has 17 heteroatoms. The van der Waals surface area contributed by atoms with Crippen LogP contribution in [0.25, 0.3) is 22.8 Å². The Kier molecular flexibility index (Phi) is 10.4. The minimum absolute atomic E-state index is 0.102. The molecule has 0 aliphatic rings. The number of anilines is 2. The minimum Gasteiger partial charge on any atom is -0.297 e. The molecule has 6 rings (SSSR count). The predicted octanol–water partition coefficient (Wildman–Crippen LogP) is 7.64. The summed E-state index contributed by atoms with van der Waals surface area (Å²) in [5.41, 5.74) is 1.23. The van der Waals surface area contributed by atoms with Crippen LogP contribution in [0.3, 0.4) is 0 Å². The van der Waals surface area contributed by atoms with Crippen LogP contribution in [0.4, 0.5) is 27.8 Å². The third-order valence-electron chi connectivity index (χ3n) is 6.25. The second-order valence-corrected chi connectivity index (χ2v) is 11.7. The number of hydrogen-bond acceptors (Lipinski definition) is 10. The Labute approximate surface area is 280 Å². The van der Waals surface area contributed by atoms with Crippen LogP contribution in [0.5, 0.6) is 0 Å². The lowest BCUT2D eigenvalue weighted by Crippen LogP contribution is -2.13. The summed E-state index contributed by atoms with van der Waals surface area (Å²) in [6.07, 6.45) is 3.16. The van der Waals surface area contributed by atoms with E-state index in [0.29, 0.717) is 22.5 Å². The number of benzene rings is 2. The quantitative estimate of drug-likeness (QED) is 0.131. The Morgan fingerprint density at radius 2 is 1.13 bits per heavy atom. The van der Waals surface area contributed by atoms with E-state index in [2.05, 4.69) is 55.2 Å². The zero-order valence-corrected chi connectivity index (χ0v) is 27.3. The van der Waals surface area contributed by atoms with Crippen molar-refractivity contribution in [1.29, 1.82) is 0 Å². The van der Waals surface area contributed by atoms with Gasteiger partial charge in [0.05, 0.1) is 26.7 Å². The van der Waals surface area contributed by atoms with Crippen molar-refractivity contribution >= 4 is 61.1 Å². The number of aromatic nitrogens is 6. The van der Waals surface area contributed by atoms with Crippen molar-refractivity contribution < 1.29 is 27.2 Å². The van der Waals surface area contributed by atoms with E-state index in [-0.39, 0.29) is 37.5 Å². The maximum Gasteiger partial charge on any atom is 0.259 e. The van der Waals surface area contributed by atoms with Gasteiger partial charge in [-0.25, -0.2) is 17.6 Å². The first-order valence-corrected chi connectivity index (χ1v) is 15.6. The van der Waals surface area contributed by atoms with Crippen molar-refractivity contribution in [2.24, 2.45) is 0 Å². The summed E-state index contributed by atoms with van der Waals surface area (Å²) < 4.78 is 63.3. The summed E-state index contributed by atoms with van der Waals surface area (Å²) >= 11 is 4.67. The molecular formula is C30H19BrF4N8O2S2. The van der Waals surface area contributed by atoms with E-state index in [1.165, 1.54) is 12.1 Å². The molecule has 6 aromatic rings. The third kappa shape index (κ3) is 7.70. The first-order valence-electron chi connectivity index (χ1n) is 13.2. The van der Waals surface area contributed by atoms with Crippen LogP contribution in [0.2, 0.25) is 0 Å². The number of halogens is 5. The van der Waals surface area contributed by atoms with Gasteiger partial charge in [0.25, 0.3) is 11.8 Å². The monoisotopic (exact) mass is 742 g/mol. The van der Waals surface area contributed by atoms with E-state index in [4.69, 9.17) is 0 Å². The SMILES string of the molecule is Cc1ncccc1C(=O)Nc1nc(-c2c(F)ccc(Br)c2F)ns1.Cc1ncccc1C(=O)Nc1nc(-c2c(F)cccc2F)ns1. The molecule has 4 aromatic heterocycles. The zero-order valence-electron chi connectivity index (χ0n) is 24.1. The van der Waals surface area contributed by atoms with Gasteiger partial charge >= 0.3 is 0 Å². The Balaban J connectivity index is 0.000000185. The van der Waals surface area contributed by atoms with Gasteiger partial charge in [0, 0.05) is 46.8 Å². The number of amides is 2. The van der Waals surface area contributed by atoms with Crippen molar-refractivity contribution in [3.05, 3.63) is 117 Å². The fraction of sp³-hybridized carbons (Fsp3) is 0.0667. The highest BCUT2D eigenvalue weighted by Gasteiger charge is 2.21. The number of nitrogens with zero attached hydrogens (tertiary/aromatic N) is 6. The summed E-state index contributed by atoms with van der Waals surface area (Å²) in [6, 6.07) is 12.4. The maximum absolute atomic E-state index is 14.1. The van der Waals surface area contributed by atoms with Gasteiger partial charge in [-0.05, 0) is 78.3 Å². The fourth-order valence-electron chi connectivity index (χ4n) is 3.97. The molecule has 0 saturated heterocycles. The molecule has 47 heavy (non-hydrogen) atoms. The van der Waals surface area contributed by atoms with Crippen LogP contribution in [0.15, 0.2) is 71.5 Å². The molecule has 0 saturated carbocycles. The van der Waals surface area contributed by atoms with Gasteiger partial charge in [-0.15, -0.1) is 0 Å². The van der Waals surface area contributed by atoms with Gasteiger partial charge in [0.2, 0.25) is 10.3 Å². The summed E-state index contributed by atoms with van der Waals surface area (Å²) in [7, 11) is 0. The van der Waals surface area contributed by atoms with Gasteiger partial charge in [0.1, 0.15) is 17.5 Å². The van der Waals surface area contributed by atoms with Crippen LogP contribution < -0.4 is 10.6 Å². The lowest BCUT2D eigenvalue weighted by molar-refractivity contribution is 0.101. The predicted molar refractivity (Wildman–Crippen MR) is 172 cm³/mol. The molecule has 2 aromatic carbocycles. The molecule has 10 nitrogen and oxygen atoms in total. The lowest BCUT2D eigenvalue weighted by Gasteiger charge is -2.04. The number of carbonyl (C=O) groups excluding carboxylic acids is 2. The normalized spacial score (nSPS) is 10.6. The highest BCUT2D eigenvalue weighted by atomic mass is 79.9. The highest BCUT2D eigenvalue weighted by Crippen LogP contribution is 2.31. The second-order valence-electron chi connectivity index (χ2n) is 9.34. The molecule has 2 N–H and O–H groups in total. The molecule has 238 valence electrons. The standard InChI is InChI=1S/C15H9BrF2N4OS.C15H10F2N4OS/c1-7-8(3-2-6-19-7)14(23)21-15-20-13(22-24-15)11-10(17)5-4-9(16)12(11)18;1-8-9(4-3-7-18-8)14(22)20-15-19-13(21-23-15)12-10(16)5-2-6-11(12)17/h2-6H,1H3,(H,20,21,22,23);2-7H,1H3,(H,19,20,21,22). The number of hydrogen-bond donors (Lipinski definition) is 2. The fourth-order valence-corrected chi connectivity index (χ4v) is 5.44. The minimum atomic E-state index is -0.797. The summed E-state index contributed by atoms with van der Waals surface area (Å²) in [5, 5.41) is 5.39. The van der Waals surface area contributed by atoms with Gasteiger partial charge in [-0.1, -0.05) is 6.07 Å². The van der Waals surface area contributed by atoms with Gasteiger partial charge < -0.3 is 0 Å². The van der Waals surface area contributed by atoms with Crippen molar-refractivity contribution in [3.8, 4) is 22.8 Å². The van der Waals surface area contributed by atoms with Gasteiger partial charge in [0.15, 0.2) is 17.5 Å². The molecular weight excluding hydrogens is 724 g/mol. The first kappa shape index (κ1) is 33.4. The number of nitrogens with one attached hydrogen (secondary N) is 2. The average molecular weight is 744 g/mol. The zero-order chi connectivity index (χ0) is 33.7. The van der Waals surface area contributed by atoms with Gasteiger partial charge in [-0.2, -0.15) is 18.7 Å². The van der Waals surface area contributed by atoms with Crippen molar-refractivity contribution in [2.45, 2.75) is 13.8 Å². The molecule has 0 aliphatic heterocycles. The van der Waals surface area contributed by atoms with Crippen molar-refractivity contribution in [3.63, 3.8) is 0 Å². The first-order chi connectivity index (χ1) is 22.5. The third-order valence-corrected chi connectivity index (χ3v) is 8.12. The highest BCUT2D eigenvalue weighted by molar-refractivity contribution is 9.10. The summed E-state index contributed by atoms with van der Waals surface area (Å²) in [4.78, 5) is 40.4. The maximum atomic E-state index is 14.1. The largest absolute Gasteiger partial charge is 0.297 e. The molecule has 0 aliphatic carbocycles. The summed E-state index contributed by atoms with van der Waals surface area (Å²) in [5.74, 6) is -4.17. The molecule has 0 bridgehead atoms. The van der Waals surface area contributed by atoms with Crippen LogP contribution in [0.1, 0.15) is 32.1 Å². The Hall–Kier alpha value is -5.00. The Bertz CT molecular complexity index is 2090. The van der Waals surface area contributed by atoms with E-state index in [1.807, 2.05) is 0 Å². The number of carbonyl (C=O) groups is 2. The number of pyridine rings is 2. The average Bonchev–Trinajstić information content (AvgIpc) is 3.69. The lowest BCUT2D eigenvalue weighted by atomic mass is 10.2. The topological polar surface area (TPSA) is 136 Å².